The van der Waals surface area contributed by atoms with E-state index in [0.29, 0.717) is 11.7 Å². The zero-order valence-corrected chi connectivity index (χ0v) is 19.7. The number of hydrogen-bond acceptors (Lipinski definition) is 3. The van der Waals surface area contributed by atoms with Gasteiger partial charge in [0, 0.05) is 22.8 Å². The van der Waals surface area contributed by atoms with Crippen molar-refractivity contribution in [3.63, 3.8) is 0 Å². The van der Waals surface area contributed by atoms with E-state index in [1.165, 1.54) is 62.7 Å². The Morgan fingerprint density at radius 3 is 2.93 bits per heavy atom. The number of aromatic nitrogens is 1. The number of carbonyl (C=O) groups excluding carboxylic acids is 1. The molecule has 3 heterocycles. The number of ether oxygens (including phenoxy) is 1. The highest BCUT2D eigenvalue weighted by Crippen LogP contribution is 2.34. The van der Waals surface area contributed by atoms with Crippen LogP contribution in [0.5, 0.6) is 0 Å². The number of anilines is 1. The molecular formula is C24H30IN3O2. The second-order valence-corrected chi connectivity index (χ2v) is 10.1. The lowest BCUT2D eigenvalue weighted by Gasteiger charge is -2.32. The van der Waals surface area contributed by atoms with E-state index in [4.69, 9.17) is 4.74 Å². The van der Waals surface area contributed by atoms with Crippen LogP contribution < -0.4 is 5.32 Å². The monoisotopic (exact) mass is 519 g/mol. The van der Waals surface area contributed by atoms with E-state index < -0.39 is 6.09 Å². The molecule has 1 aromatic heterocycles. The molecular weight excluding hydrogens is 489 g/mol. The summed E-state index contributed by atoms with van der Waals surface area (Å²) in [5.41, 5.74) is 3.25. The van der Waals surface area contributed by atoms with E-state index in [1.54, 1.807) is 0 Å². The lowest BCUT2D eigenvalue weighted by atomic mass is 9.89. The quantitative estimate of drug-likeness (QED) is 0.335. The molecule has 2 aliphatic heterocycles. The molecule has 30 heavy (non-hydrogen) atoms. The number of amides is 1. The lowest BCUT2D eigenvalue weighted by Crippen LogP contribution is -2.33. The molecule has 4 rings (SSSR count). The summed E-state index contributed by atoms with van der Waals surface area (Å²) in [7, 11) is 0. The number of nitrogens with one attached hydrogen (secondary N) is 2. The fourth-order valence-corrected chi connectivity index (χ4v) is 5.59. The minimum atomic E-state index is -0.448. The number of carbonyl (C=O) groups is 1. The highest BCUT2D eigenvalue weighted by atomic mass is 127. The molecule has 2 N–H and O–H groups in total. The van der Waals surface area contributed by atoms with Crippen molar-refractivity contribution in [2.24, 2.45) is 0 Å². The van der Waals surface area contributed by atoms with E-state index in [-0.39, 0.29) is 20.7 Å². The van der Waals surface area contributed by atoms with Gasteiger partial charge >= 0.3 is 6.09 Å². The number of hydrogen-bond donors (Lipinski definition) is 2. The smallest absolute Gasteiger partial charge is 0.410 e. The SMILES string of the molecule is CCCCCN1CCC(c2c[nH]c3ccc(NC(=O)OC4=CC=IC=C4)cc23)CC1. The summed E-state index contributed by atoms with van der Waals surface area (Å²) in [5.74, 6) is 1.16. The molecule has 0 saturated carbocycles. The fourth-order valence-electron chi connectivity index (χ4n) is 4.22. The van der Waals surface area contributed by atoms with Gasteiger partial charge < -0.3 is 14.6 Å². The van der Waals surface area contributed by atoms with Gasteiger partial charge in [0.05, 0.1) is 0 Å². The number of allylic oxidation sites excluding steroid dienone is 2. The average molecular weight is 519 g/mol. The number of aromatic amines is 1. The first-order valence-electron chi connectivity index (χ1n) is 10.9. The van der Waals surface area contributed by atoms with Crippen molar-refractivity contribution in [1.29, 1.82) is 0 Å². The Balaban J connectivity index is 1.39. The molecule has 0 aliphatic carbocycles. The first-order chi connectivity index (χ1) is 14.7. The molecule has 0 radical (unpaired) electrons. The first kappa shape index (κ1) is 21.3. The molecule has 1 amide bonds. The largest absolute Gasteiger partial charge is 0.417 e. The summed E-state index contributed by atoms with van der Waals surface area (Å²) in [4.78, 5) is 18.3. The predicted molar refractivity (Wildman–Crippen MR) is 134 cm³/mol. The van der Waals surface area contributed by atoms with E-state index in [9.17, 15) is 4.79 Å². The first-order valence-corrected chi connectivity index (χ1v) is 13.4. The lowest BCUT2D eigenvalue weighted by molar-refractivity contribution is 0.195. The number of benzene rings is 1. The molecule has 0 bridgehead atoms. The Hall–Kier alpha value is -1.93. The van der Waals surface area contributed by atoms with Crippen molar-refractivity contribution in [2.75, 3.05) is 25.0 Å². The minimum absolute atomic E-state index is 0.0205. The number of piperidine rings is 1. The van der Waals surface area contributed by atoms with Crippen LogP contribution in [-0.4, -0.2) is 39.6 Å². The molecule has 1 fully saturated rings. The Labute approximate surface area is 188 Å². The van der Waals surface area contributed by atoms with Crippen molar-refractivity contribution in [2.45, 2.75) is 44.9 Å². The molecule has 0 spiro atoms. The molecule has 0 atom stereocenters. The Morgan fingerprint density at radius 1 is 1.30 bits per heavy atom. The number of fused-ring (bicyclic) bond motifs is 1. The van der Waals surface area contributed by atoms with E-state index in [1.807, 2.05) is 24.3 Å². The summed E-state index contributed by atoms with van der Waals surface area (Å²) in [6, 6.07) is 6.02. The van der Waals surface area contributed by atoms with E-state index in [2.05, 4.69) is 42.5 Å². The number of H-pyrrole nitrogens is 1. The van der Waals surface area contributed by atoms with Crippen molar-refractivity contribution in [3.8, 4) is 0 Å². The molecule has 0 unspecified atom stereocenters. The van der Waals surface area contributed by atoms with Crippen LogP contribution in [0.2, 0.25) is 0 Å². The second kappa shape index (κ2) is 10.4. The van der Waals surface area contributed by atoms with Gasteiger partial charge in [-0.25, -0.2) is 4.79 Å². The molecule has 2 aliphatic rings. The van der Waals surface area contributed by atoms with Gasteiger partial charge in [-0.05, 0) is 88.8 Å². The number of halogens is 1. The standard InChI is InChI=1S/C24H30IN3O2/c1-2-3-4-13-28-14-9-18(10-15-28)22-17-26-23-6-5-19(16-21(22)23)27-24(29)30-20-7-11-25-12-8-20/h5-8,11-12,16-18,26H,2-4,9-10,13-15H2,1H3,(H,27,29). The summed E-state index contributed by atoms with van der Waals surface area (Å²) >= 11 is -0.0205. The Kier molecular flexibility index (Phi) is 7.38. The van der Waals surface area contributed by atoms with Gasteiger partial charge in [0.15, 0.2) is 0 Å². The summed E-state index contributed by atoms with van der Waals surface area (Å²) in [6.45, 7) is 5.84. The Morgan fingerprint density at radius 2 is 2.17 bits per heavy atom. The van der Waals surface area contributed by atoms with Crippen molar-refractivity contribution >= 4 is 47.4 Å². The molecule has 5 nitrogen and oxygen atoms in total. The van der Waals surface area contributed by atoms with Crippen LogP contribution in [0.15, 0.2) is 46.4 Å². The van der Waals surface area contributed by atoms with Gasteiger partial charge in [0.2, 0.25) is 0 Å². The van der Waals surface area contributed by atoms with Crippen LogP contribution in [0, 0.1) is 0 Å². The number of nitrogens with zero attached hydrogens (tertiary/aromatic N) is 1. The van der Waals surface area contributed by atoms with Crippen LogP contribution in [-0.2, 0) is 4.74 Å². The maximum atomic E-state index is 12.3. The van der Waals surface area contributed by atoms with Crippen LogP contribution in [0.25, 0.3) is 10.9 Å². The normalized spacial score (nSPS) is 17.6. The maximum absolute atomic E-state index is 12.3. The summed E-state index contributed by atoms with van der Waals surface area (Å²) in [6.07, 6.45) is 11.8. The third-order valence-corrected chi connectivity index (χ3v) is 7.43. The van der Waals surface area contributed by atoms with Gasteiger partial charge in [-0.15, -0.1) is 0 Å². The Bertz CT molecular complexity index is 968. The zero-order valence-electron chi connectivity index (χ0n) is 17.5. The number of rotatable bonds is 7. The third-order valence-electron chi connectivity index (χ3n) is 5.88. The summed E-state index contributed by atoms with van der Waals surface area (Å²) in [5, 5.41) is 4.08. The van der Waals surface area contributed by atoms with Crippen LogP contribution >= 0.6 is 20.7 Å². The van der Waals surface area contributed by atoms with Gasteiger partial charge in [-0.1, -0.05) is 40.5 Å². The molecule has 160 valence electrons. The molecule has 1 saturated heterocycles. The fraction of sp³-hybridized carbons (Fsp3) is 0.417. The van der Waals surface area contributed by atoms with Crippen LogP contribution in [0.1, 0.15) is 50.5 Å². The van der Waals surface area contributed by atoms with Crippen molar-refractivity contribution in [1.82, 2.24) is 9.88 Å². The second-order valence-electron chi connectivity index (χ2n) is 7.96. The predicted octanol–water partition coefficient (Wildman–Crippen LogP) is 6.27. The summed E-state index contributed by atoms with van der Waals surface area (Å²) < 4.78 is 9.54. The number of unbranched alkanes of at least 4 members (excludes halogenated alkanes) is 2. The van der Waals surface area contributed by atoms with Crippen LogP contribution in [0.4, 0.5) is 10.5 Å². The van der Waals surface area contributed by atoms with Crippen molar-refractivity contribution in [3.05, 3.63) is 52.0 Å². The van der Waals surface area contributed by atoms with Crippen molar-refractivity contribution < 1.29 is 9.53 Å². The average Bonchev–Trinajstić information content (AvgIpc) is 3.18. The van der Waals surface area contributed by atoms with E-state index >= 15 is 0 Å². The minimum Gasteiger partial charge on any atom is -0.410 e. The van der Waals surface area contributed by atoms with Gasteiger partial charge in [-0.2, -0.15) is 0 Å². The number of likely N-dealkylation sites (tertiary alicyclic amines) is 1. The van der Waals surface area contributed by atoms with Gasteiger partial charge in [-0.3, -0.25) is 5.32 Å². The highest BCUT2D eigenvalue weighted by Gasteiger charge is 2.22. The molecule has 2 aromatic rings. The third kappa shape index (κ3) is 5.40. The highest BCUT2D eigenvalue weighted by molar-refractivity contribution is 14.2. The van der Waals surface area contributed by atoms with Gasteiger partial charge in [0.1, 0.15) is 5.76 Å². The topological polar surface area (TPSA) is 57.4 Å². The van der Waals surface area contributed by atoms with Gasteiger partial charge in [0.25, 0.3) is 0 Å². The van der Waals surface area contributed by atoms with Crippen LogP contribution in [0.3, 0.4) is 0 Å². The van der Waals surface area contributed by atoms with E-state index in [0.717, 1.165) is 11.2 Å². The maximum Gasteiger partial charge on any atom is 0.417 e. The molecule has 6 heteroatoms. The molecule has 1 aromatic carbocycles. The zero-order chi connectivity index (χ0) is 20.8.